The van der Waals surface area contributed by atoms with Crippen LogP contribution in [0.5, 0.6) is 0 Å². The maximum atomic E-state index is 10.6. The largest absolute Gasteiger partial charge is 0.287 e. The Bertz CT molecular complexity index is 456. The van der Waals surface area contributed by atoms with Gasteiger partial charge >= 0.3 is 0 Å². The summed E-state index contributed by atoms with van der Waals surface area (Å²) in [5, 5.41) is 10.3. The number of rotatable bonds is 4. The lowest BCUT2D eigenvalue weighted by atomic mass is 10.3. The van der Waals surface area contributed by atoms with Crippen LogP contribution in [-0.2, 0) is 15.5 Å². The number of nitro groups is 1. The zero-order valence-corrected chi connectivity index (χ0v) is 9.03. The Labute approximate surface area is 90.5 Å². The molecule has 0 fully saturated rings. The van der Waals surface area contributed by atoms with E-state index in [0.29, 0.717) is 5.69 Å². The van der Waals surface area contributed by atoms with E-state index in [9.17, 15) is 18.5 Å². The van der Waals surface area contributed by atoms with Crippen molar-refractivity contribution in [2.75, 3.05) is 5.75 Å². The summed E-state index contributed by atoms with van der Waals surface area (Å²) in [6, 6.07) is 2.67. The van der Waals surface area contributed by atoms with Crippen molar-refractivity contribution in [2.24, 2.45) is 0 Å². The monoisotopic (exact) mass is 250 g/mol. The normalized spacial score (nSPS) is 11.3. The lowest BCUT2D eigenvalue weighted by Gasteiger charge is -1.97. The molecule has 82 valence electrons. The number of nitrogens with zero attached hydrogens (tertiary/aromatic N) is 2. The third-order valence-corrected chi connectivity index (χ3v) is 2.78. The van der Waals surface area contributed by atoms with E-state index in [0.717, 1.165) is 6.20 Å². The number of aromatic nitrogens is 1. The van der Waals surface area contributed by atoms with Crippen molar-refractivity contribution in [3.63, 3.8) is 0 Å². The first-order valence-corrected chi connectivity index (χ1v) is 6.38. The first-order chi connectivity index (χ1) is 6.88. The van der Waals surface area contributed by atoms with Crippen molar-refractivity contribution in [3.05, 3.63) is 34.1 Å². The first-order valence-electron chi connectivity index (χ1n) is 3.90. The van der Waals surface area contributed by atoms with Gasteiger partial charge < -0.3 is 0 Å². The smallest absolute Gasteiger partial charge is 0.258 e. The van der Waals surface area contributed by atoms with E-state index in [-0.39, 0.29) is 17.9 Å². The van der Waals surface area contributed by atoms with Crippen LogP contribution in [0, 0.1) is 10.1 Å². The van der Waals surface area contributed by atoms with Gasteiger partial charge in [0, 0.05) is 28.9 Å². The molecule has 0 saturated heterocycles. The van der Waals surface area contributed by atoms with Gasteiger partial charge in [0.05, 0.1) is 10.7 Å². The molecule has 0 bridgehead atoms. The molecule has 1 aromatic heterocycles. The summed E-state index contributed by atoms with van der Waals surface area (Å²) >= 11 is 0. The summed E-state index contributed by atoms with van der Waals surface area (Å²) < 4.78 is 21.2. The number of hydrogen-bond acceptors (Lipinski definition) is 5. The van der Waals surface area contributed by atoms with Crippen LogP contribution in [0.1, 0.15) is 5.69 Å². The van der Waals surface area contributed by atoms with Gasteiger partial charge in [-0.25, -0.2) is 8.42 Å². The lowest BCUT2D eigenvalue weighted by molar-refractivity contribution is -0.385. The molecule has 6 nitrogen and oxygen atoms in total. The molecular weight excluding hydrogens is 244 g/mol. The van der Waals surface area contributed by atoms with Crippen LogP contribution in [-0.4, -0.2) is 24.1 Å². The van der Waals surface area contributed by atoms with Gasteiger partial charge in [-0.15, -0.1) is 0 Å². The second-order valence-electron chi connectivity index (χ2n) is 2.76. The molecule has 0 amide bonds. The molecule has 0 N–H and O–H groups in total. The molecular formula is C7H7ClN2O4S. The van der Waals surface area contributed by atoms with Crippen molar-refractivity contribution >= 4 is 25.4 Å². The minimum Gasteiger partial charge on any atom is -0.258 e. The van der Waals surface area contributed by atoms with E-state index in [1.807, 2.05) is 0 Å². The second kappa shape index (κ2) is 4.54. The zero-order chi connectivity index (χ0) is 11.5. The fourth-order valence-corrected chi connectivity index (χ4v) is 1.58. The van der Waals surface area contributed by atoms with E-state index in [2.05, 4.69) is 4.98 Å². The molecule has 0 radical (unpaired) electrons. The fourth-order valence-electron chi connectivity index (χ4n) is 0.899. The van der Waals surface area contributed by atoms with Crippen molar-refractivity contribution in [1.29, 1.82) is 0 Å². The second-order valence-corrected chi connectivity index (χ2v) is 5.65. The highest BCUT2D eigenvalue weighted by atomic mass is 35.7. The van der Waals surface area contributed by atoms with E-state index in [4.69, 9.17) is 10.7 Å². The van der Waals surface area contributed by atoms with Crippen molar-refractivity contribution in [2.45, 2.75) is 6.42 Å². The summed E-state index contributed by atoms with van der Waals surface area (Å²) in [5.74, 6) is -0.237. The highest BCUT2D eigenvalue weighted by Gasteiger charge is 2.08. The molecule has 0 aliphatic carbocycles. The molecule has 15 heavy (non-hydrogen) atoms. The third kappa shape index (κ3) is 4.22. The molecule has 1 aromatic rings. The number of halogens is 1. The Morgan fingerprint density at radius 1 is 1.47 bits per heavy atom. The highest BCUT2D eigenvalue weighted by molar-refractivity contribution is 8.13. The van der Waals surface area contributed by atoms with Gasteiger partial charge in [-0.2, -0.15) is 0 Å². The van der Waals surface area contributed by atoms with Crippen LogP contribution < -0.4 is 0 Å². The summed E-state index contributed by atoms with van der Waals surface area (Å²) in [5.41, 5.74) is 0.317. The Hall–Kier alpha value is -1.21. The molecule has 0 aliphatic rings. The van der Waals surface area contributed by atoms with E-state index in [1.54, 1.807) is 0 Å². The van der Waals surface area contributed by atoms with E-state index >= 15 is 0 Å². The Morgan fingerprint density at radius 3 is 2.53 bits per heavy atom. The molecule has 8 heteroatoms. The Balaban J connectivity index is 2.69. The standard InChI is InChI=1S/C7H7ClN2O4S/c8-15(13,14)4-3-6-1-2-7(5-9-6)10(11)12/h1-2,5H,3-4H2. The first kappa shape index (κ1) is 11.9. The van der Waals surface area contributed by atoms with Gasteiger partial charge in [-0.1, -0.05) is 0 Å². The zero-order valence-electron chi connectivity index (χ0n) is 7.46. The molecule has 0 unspecified atom stereocenters. The van der Waals surface area contributed by atoms with Crippen LogP contribution in [0.4, 0.5) is 5.69 Å². The van der Waals surface area contributed by atoms with Gasteiger partial charge in [0.1, 0.15) is 6.20 Å². The van der Waals surface area contributed by atoms with Gasteiger partial charge in [0.25, 0.3) is 5.69 Å². The Morgan fingerprint density at radius 2 is 2.13 bits per heavy atom. The SMILES string of the molecule is O=[N+]([O-])c1ccc(CCS(=O)(=O)Cl)nc1. The molecule has 0 spiro atoms. The van der Waals surface area contributed by atoms with E-state index in [1.165, 1.54) is 12.1 Å². The highest BCUT2D eigenvalue weighted by Crippen LogP contribution is 2.10. The van der Waals surface area contributed by atoms with Gasteiger partial charge in [-0.3, -0.25) is 15.1 Å². The molecule has 0 atom stereocenters. The van der Waals surface area contributed by atoms with Crippen molar-refractivity contribution in [1.82, 2.24) is 4.98 Å². The van der Waals surface area contributed by atoms with Crippen molar-refractivity contribution in [3.8, 4) is 0 Å². The quantitative estimate of drug-likeness (QED) is 0.453. The van der Waals surface area contributed by atoms with Crippen LogP contribution in [0.3, 0.4) is 0 Å². The van der Waals surface area contributed by atoms with Crippen molar-refractivity contribution < 1.29 is 13.3 Å². The molecule has 0 aliphatic heterocycles. The van der Waals surface area contributed by atoms with Crippen LogP contribution in [0.25, 0.3) is 0 Å². The minimum absolute atomic E-state index is 0.132. The van der Waals surface area contributed by atoms with Gasteiger partial charge in [-0.05, 0) is 6.07 Å². The van der Waals surface area contributed by atoms with Crippen LogP contribution >= 0.6 is 10.7 Å². The average molecular weight is 251 g/mol. The number of aryl methyl sites for hydroxylation is 1. The van der Waals surface area contributed by atoms with Gasteiger partial charge in [0.2, 0.25) is 9.05 Å². The fraction of sp³-hybridized carbons (Fsp3) is 0.286. The maximum absolute atomic E-state index is 10.6. The molecule has 0 saturated carbocycles. The van der Waals surface area contributed by atoms with Crippen LogP contribution in [0.2, 0.25) is 0 Å². The average Bonchev–Trinajstić information content (AvgIpc) is 2.14. The molecule has 1 heterocycles. The molecule has 0 aromatic carbocycles. The third-order valence-electron chi connectivity index (χ3n) is 1.62. The minimum atomic E-state index is -3.55. The lowest BCUT2D eigenvalue weighted by Crippen LogP contribution is -2.02. The van der Waals surface area contributed by atoms with Crippen LogP contribution in [0.15, 0.2) is 18.3 Å². The number of pyridine rings is 1. The summed E-state index contributed by atoms with van der Waals surface area (Å²) in [6.07, 6.45) is 1.22. The van der Waals surface area contributed by atoms with E-state index < -0.39 is 14.0 Å². The Kier molecular flexibility index (Phi) is 3.59. The summed E-state index contributed by atoms with van der Waals surface area (Å²) in [6.45, 7) is 0. The maximum Gasteiger partial charge on any atom is 0.287 e. The summed E-state index contributed by atoms with van der Waals surface area (Å²) in [4.78, 5) is 13.4. The predicted octanol–water partition coefficient (Wildman–Crippen LogP) is 1.10. The topological polar surface area (TPSA) is 90.2 Å². The van der Waals surface area contributed by atoms with Gasteiger partial charge in [0.15, 0.2) is 0 Å². The number of hydrogen-bond donors (Lipinski definition) is 0. The summed E-state index contributed by atoms with van der Waals surface area (Å²) in [7, 11) is 1.45. The molecule has 1 rings (SSSR count). The predicted molar refractivity (Wildman–Crippen MR) is 54.2 cm³/mol.